The van der Waals surface area contributed by atoms with Crippen LogP contribution in [0, 0.1) is 0 Å². The van der Waals surface area contributed by atoms with Crippen molar-refractivity contribution in [3.05, 3.63) is 97.1 Å². The van der Waals surface area contributed by atoms with Gasteiger partial charge in [0.25, 0.3) is 0 Å². The highest BCUT2D eigenvalue weighted by Crippen LogP contribution is 2.39. The summed E-state index contributed by atoms with van der Waals surface area (Å²) in [4.78, 5) is 3.79. The predicted octanol–water partition coefficient (Wildman–Crippen LogP) is 9.98. The molecule has 0 saturated carbocycles. The fourth-order valence-corrected chi connectivity index (χ4v) is 6.56. The molecule has 0 fully saturated rings. The topological polar surface area (TPSA) is 27.7 Å². The first kappa shape index (κ1) is 29.6. The van der Waals surface area contributed by atoms with Crippen LogP contribution in [0.15, 0.2) is 112 Å². The monoisotopic (exact) mass is 555 g/mol. The molecule has 0 atom stereocenters. The third-order valence-electron chi connectivity index (χ3n) is 6.35. The van der Waals surface area contributed by atoms with E-state index < -0.39 is 0 Å². The van der Waals surface area contributed by atoms with E-state index in [1.54, 1.807) is 0 Å². The molecule has 0 radical (unpaired) electrons. The minimum absolute atomic E-state index is 0.231. The van der Waals surface area contributed by atoms with Crippen LogP contribution in [0.1, 0.15) is 60.3 Å². The molecular weight excluding hydrogens is 512 g/mol. The standard InChI is InChI=1S/C36H43O3S/c1-6-8-26-37-29-18-22-32(23-19-29)40(33-24-20-30(21-25-33)38-27-9-7-2)35-13-11-10-12-34(35)28-14-16-31(17-15-28)39-36(3,4)5/h10-25H,6-9,26-27H2,1-5H3/q+1. The van der Waals surface area contributed by atoms with E-state index in [1.807, 2.05) is 0 Å². The summed E-state index contributed by atoms with van der Waals surface area (Å²) in [5.41, 5.74) is 2.16. The molecule has 0 spiro atoms. The van der Waals surface area contributed by atoms with Gasteiger partial charge in [-0.25, -0.2) is 0 Å². The molecule has 0 amide bonds. The molecular formula is C36H43O3S+. The maximum atomic E-state index is 6.08. The number of unbranched alkanes of at least 4 members (excludes halogenated alkanes) is 2. The van der Waals surface area contributed by atoms with Gasteiger partial charge < -0.3 is 14.2 Å². The fraction of sp³-hybridized carbons (Fsp3) is 0.333. The normalized spacial score (nSPS) is 11.4. The van der Waals surface area contributed by atoms with Crippen molar-refractivity contribution in [3.63, 3.8) is 0 Å². The highest BCUT2D eigenvalue weighted by atomic mass is 32.2. The average Bonchev–Trinajstić information content (AvgIpc) is 2.95. The lowest BCUT2D eigenvalue weighted by molar-refractivity contribution is 0.131. The molecule has 0 unspecified atom stereocenters. The lowest BCUT2D eigenvalue weighted by Crippen LogP contribution is -2.22. The summed E-state index contributed by atoms with van der Waals surface area (Å²) in [6.07, 6.45) is 4.37. The second-order valence-electron chi connectivity index (χ2n) is 10.9. The van der Waals surface area contributed by atoms with Crippen molar-refractivity contribution >= 4 is 10.9 Å². The minimum Gasteiger partial charge on any atom is -0.494 e. The van der Waals surface area contributed by atoms with Gasteiger partial charge in [0.1, 0.15) is 22.8 Å². The van der Waals surface area contributed by atoms with Crippen molar-refractivity contribution in [1.82, 2.24) is 0 Å². The molecule has 4 aromatic carbocycles. The maximum Gasteiger partial charge on any atom is 0.174 e. The van der Waals surface area contributed by atoms with Crippen molar-refractivity contribution in [2.24, 2.45) is 0 Å². The summed E-state index contributed by atoms with van der Waals surface area (Å²) in [5, 5.41) is 0. The molecule has 4 heteroatoms. The Balaban J connectivity index is 1.71. The van der Waals surface area contributed by atoms with Crippen molar-refractivity contribution in [1.29, 1.82) is 0 Å². The maximum absolute atomic E-state index is 6.08. The van der Waals surface area contributed by atoms with E-state index >= 15 is 0 Å². The van der Waals surface area contributed by atoms with Gasteiger partial charge in [-0.1, -0.05) is 51.0 Å². The van der Waals surface area contributed by atoms with E-state index in [9.17, 15) is 0 Å². The Labute approximate surface area is 243 Å². The van der Waals surface area contributed by atoms with Crippen molar-refractivity contribution < 1.29 is 14.2 Å². The predicted molar refractivity (Wildman–Crippen MR) is 168 cm³/mol. The Morgan fingerprint density at radius 2 is 1.05 bits per heavy atom. The molecule has 0 aromatic heterocycles. The molecule has 0 saturated heterocycles. The van der Waals surface area contributed by atoms with E-state index in [-0.39, 0.29) is 16.5 Å². The van der Waals surface area contributed by atoms with Gasteiger partial charge in [-0.2, -0.15) is 0 Å². The molecule has 210 valence electrons. The lowest BCUT2D eigenvalue weighted by atomic mass is 10.1. The van der Waals surface area contributed by atoms with E-state index in [0.29, 0.717) is 0 Å². The van der Waals surface area contributed by atoms with Crippen LogP contribution in [0.25, 0.3) is 11.1 Å². The SMILES string of the molecule is CCCCOc1ccc([S+](c2ccc(OCCCC)cc2)c2ccccc2-c2ccc(OC(C)(C)C)cc2)cc1. The molecule has 0 aliphatic heterocycles. The molecule has 3 nitrogen and oxygen atoms in total. The van der Waals surface area contributed by atoms with Crippen LogP contribution in [0.5, 0.6) is 17.2 Å². The second-order valence-corrected chi connectivity index (χ2v) is 12.9. The van der Waals surface area contributed by atoms with Crippen LogP contribution in [-0.2, 0) is 10.9 Å². The largest absolute Gasteiger partial charge is 0.494 e. The van der Waals surface area contributed by atoms with Gasteiger partial charge in [-0.05, 0) is 112 Å². The number of rotatable bonds is 13. The second kappa shape index (κ2) is 14.3. The van der Waals surface area contributed by atoms with Gasteiger partial charge in [0.05, 0.1) is 24.1 Å². The van der Waals surface area contributed by atoms with Crippen LogP contribution < -0.4 is 14.2 Å². The van der Waals surface area contributed by atoms with E-state index in [4.69, 9.17) is 14.2 Å². The lowest BCUT2D eigenvalue weighted by Gasteiger charge is -2.21. The summed E-state index contributed by atoms with van der Waals surface area (Å²) in [5.74, 6) is 2.72. The zero-order valence-electron chi connectivity index (χ0n) is 24.6. The first-order valence-electron chi connectivity index (χ1n) is 14.5. The average molecular weight is 556 g/mol. The number of hydrogen-bond donors (Lipinski definition) is 0. The van der Waals surface area contributed by atoms with Gasteiger partial charge in [0.15, 0.2) is 14.7 Å². The molecule has 0 aliphatic carbocycles. The van der Waals surface area contributed by atoms with Gasteiger partial charge in [-0.3, -0.25) is 0 Å². The molecule has 0 bridgehead atoms. The van der Waals surface area contributed by atoms with Gasteiger partial charge in [-0.15, -0.1) is 0 Å². The molecule has 0 N–H and O–H groups in total. The van der Waals surface area contributed by atoms with E-state index in [2.05, 4.69) is 132 Å². The Morgan fingerprint density at radius 3 is 1.52 bits per heavy atom. The van der Waals surface area contributed by atoms with Crippen LogP contribution in [0.3, 0.4) is 0 Å². The Bertz CT molecular complexity index is 1250. The summed E-state index contributed by atoms with van der Waals surface area (Å²) >= 11 is 0. The number of hydrogen-bond acceptors (Lipinski definition) is 3. The van der Waals surface area contributed by atoms with Gasteiger partial charge in [0.2, 0.25) is 0 Å². The van der Waals surface area contributed by atoms with Crippen LogP contribution in [0.4, 0.5) is 0 Å². The van der Waals surface area contributed by atoms with Crippen molar-refractivity contribution in [3.8, 4) is 28.4 Å². The van der Waals surface area contributed by atoms with Crippen LogP contribution in [0.2, 0.25) is 0 Å². The smallest absolute Gasteiger partial charge is 0.174 e. The van der Waals surface area contributed by atoms with E-state index in [1.165, 1.54) is 25.8 Å². The zero-order chi connectivity index (χ0) is 28.4. The molecule has 4 rings (SSSR count). The Morgan fingerprint density at radius 1 is 0.575 bits per heavy atom. The zero-order valence-corrected chi connectivity index (χ0v) is 25.4. The Kier molecular flexibility index (Phi) is 10.6. The molecule has 40 heavy (non-hydrogen) atoms. The summed E-state index contributed by atoms with van der Waals surface area (Å²) in [7, 11) is -0.321. The Hall–Kier alpha value is -3.37. The summed E-state index contributed by atoms with van der Waals surface area (Å²) in [6.45, 7) is 12.1. The highest BCUT2D eigenvalue weighted by molar-refractivity contribution is 7.97. The third kappa shape index (κ3) is 8.32. The fourth-order valence-electron chi connectivity index (χ4n) is 4.34. The molecule has 0 heterocycles. The van der Waals surface area contributed by atoms with Gasteiger partial charge >= 0.3 is 0 Å². The quantitative estimate of drug-likeness (QED) is 0.121. The van der Waals surface area contributed by atoms with Crippen LogP contribution in [-0.4, -0.2) is 18.8 Å². The first-order valence-corrected chi connectivity index (χ1v) is 15.7. The number of ether oxygens (including phenoxy) is 3. The van der Waals surface area contributed by atoms with E-state index in [0.717, 1.165) is 56.1 Å². The van der Waals surface area contributed by atoms with Crippen molar-refractivity contribution in [2.75, 3.05) is 13.2 Å². The van der Waals surface area contributed by atoms with Crippen molar-refractivity contribution in [2.45, 2.75) is 80.6 Å². The summed E-state index contributed by atoms with van der Waals surface area (Å²) in [6, 6.07) is 34.5. The molecule has 4 aromatic rings. The first-order chi connectivity index (χ1) is 19.4. The van der Waals surface area contributed by atoms with Gasteiger partial charge in [0, 0.05) is 5.56 Å². The highest BCUT2D eigenvalue weighted by Gasteiger charge is 2.32. The van der Waals surface area contributed by atoms with Crippen LogP contribution >= 0.6 is 0 Å². The number of benzene rings is 4. The minimum atomic E-state index is -0.321. The third-order valence-corrected chi connectivity index (χ3v) is 8.63. The molecule has 0 aliphatic rings. The summed E-state index contributed by atoms with van der Waals surface area (Å²) < 4.78 is 18.0.